The molecule has 170 valence electrons. The fourth-order valence-corrected chi connectivity index (χ4v) is 3.86. The number of para-hydroxylation sites is 1. The molecule has 0 aliphatic heterocycles. The number of ketones is 1. The molecule has 30 heavy (non-hydrogen) atoms. The van der Waals surface area contributed by atoms with E-state index in [0.29, 0.717) is 6.42 Å². The lowest BCUT2D eigenvalue weighted by atomic mass is 9.96. The van der Waals surface area contributed by atoms with E-state index in [1.165, 1.54) is 44.9 Å². The lowest BCUT2D eigenvalue weighted by Crippen LogP contribution is -2.70. The zero-order valence-electron chi connectivity index (χ0n) is 19.9. The molecule has 1 unspecified atom stereocenters. The van der Waals surface area contributed by atoms with Crippen LogP contribution in [0.15, 0.2) is 30.3 Å². The fraction of sp³-hybridized carbons (Fsp3) is 0.680. The summed E-state index contributed by atoms with van der Waals surface area (Å²) in [7, 11) is 5.69. The van der Waals surface area contributed by atoms with E-state index in [0.717, 1.165) is 18.5 Å². The van der Waals surface area contributed by atoms with Gasteiger partial charge in [-0.05, 0) is 25.6 Å². The van der Waals surface area contributed by atoms with Gasteiger partial charge in [0.25, 0.3) is 5.91 Å². The van der Waals surface area contributed by atoms with Gasteiger partial charge in [0.15, 0.2) is 6.54 Å². The number of hydrogen-bond acceptors (Lipinski definition) is 3. The first-order valence-corrected chi connectivity index (χ1v) is 11.7. The lowest BCUT2D eigenvalue weighted by molar-refractivity contribution is -0.925. The van der Waals surface area contributed by atoms with Crippen LogP contribution in [0.4, 0.5) is 5.69 Å². The number of anilines is 1. The first kappa shape index (κ1) is 26.3. The van der Waals surface area contributed by atoms with Gasteiger partial charge in [-0.15, -0.1) is 0 Å². The van der Waals surface area contributed by atoms with E-state index >= 15 is 0 Å². The Morgan fingerprint density at radius 1 is 0.900 bits per heavy atom. The zero-order chi connectivity index (χ0) is 22.5. The maximum Gasteiger partial charge on any atom is 0.279 e. The summed E-state index contributed by atoms with van der Waals surface area (Å²) in [6.07, 6.45) is 11.7. The lowest BCUT2D eigenvalue weighted by Gasteiger charge is -2.44. The molecule has 2 N–H and O–H groups in total. The van der Waals surface area contributed by atoms with Crippen molar-refractivity contribution in [3.05, 3.63) is 30.3 Å². The molecular formula is C25H44N3O2+. The number of amides is 1. The second kappa shape index (κ2) is 13.6. The van der Waals surface area contributed by atoms with Crippen LogP contribution in [-0.2, 0) is 9.59 Å². The minimum absolute atomic E-state index is 0.0939. The summed E-state index contributed by atoms with van der Waals surface area (Å²) < 4.78 is 0.262. The number of nitrogens with zero attached hydrogens (tertiary/aromatic N) is 1. The van der Waals surface area contributed by atoms with Crippen LogP contribution in [0.25, 0.3) is 0 Å². The summed E-state index contributed by atoms with van der Waals surface area (Å²) in [5, 5.41) is 6.14. The van der Waals surface area contributed by atoms with Crippen LogP contribution in [0.1, 0.15) is 78.1 Å². The number of hydrogen-bond donors (Lipinski definition) is 2. The third-order valence-corrected chi connectivity index (χ3v) is 6.34. The molecule has 0 aromatic heterocycles. The third-order valence-electron chi connectivity index (χ3n) is 6.34. The minimum Gasteiger partial charge on any atom is -0.321 e. The molecule has 0 bridgehead atoms. The molecule has 5 nitrogen and oxygen atoms in total. The van der Waals surface area contributed by atoms with E-state index in [1.54, 1.807) is 0 Å². The first-order valence-electron chi connectivity index (χ1n) is 11.7. The van der Waals surface area contributed by atoms with Gasteiger partial charge in [0, 0.05) is 19.0 Å². The Morgan fingerprint density at radius 3 is 1.97 bits per heavy atom. The van der Waals surface area contributed by atoms with Crippen molar-refractivity contribution in [2.45, 2.75) is 83.7 Å². The van der Waals surface area contributed by atoms with Gasteiger partial charge in [0.2, 0.25) is 11.4 Å². The Bertz CT molecular complexity index is 631. The minimum atomic E-state index is -0.797. The predicted octanol–water partition coefficient (Wildman–Crippen LogP) is 5.13. The SMILES string of the molecule is CCCCCCCCCCCC(=O)C(C)(NC)[N+](C)(C)CC(=O)Nc1ccccc1. The molecule has 1 amide bonds. The standard InChI is InChI=1S/C25H43N3O2/c1-6-7-8-9-10-11-12-13-17-20-23(29)25(2,26-3)28(4,5)21-24(30)27-22-18-15-14-16-19-22/h14-16,18-19,26H,6-13,17,20-21H2,1-5H3/p+1. The number of likely N-dealkylation sites (N-methyl/N-ethyl adjacent to an activating group) is 2. The van der Waals surface area contributed by atoms with Crippen LogP contribution in [0.2, 0.25) is 0 Å². The quantitative estimate of drug-likeness (QED) is 0.222. The van der Waals surface area contributed by atoms with Crippen molar-refractivity contribution in [1.29, 1.82) is 0 Å². The topological polar surface area (TPSA) is 58.2 Å². The highest BCUT2D eigenvalue weighted by atomic mass is 16.2. The Balaban J connectivity index is 2.46. The molecule has 0 fully saturated rings. The van der Waals surface area contributed by atoms with E-state index in [1.807, 2.05) is 58.4 Å². The molecular weight excluding hydrogens is 374 g/mol. The monoisotopic (exact) mass is 418 g/mol. The predicted molar refractivity (Wildman–Crippen MR) is 126 cm³/mol. The number of nitrogens with one attached hydrogen (secondary N) is 2. The van der Waals surface area contributed by atoms with E-state index in [9.17, 15) is 9.59 Å². The number of benzene rings is 1. The molecule has 0 heterocycles. The largest absolute Gasteiger partial charge is 0.321 e. The number of carbonyl (C=O) groups is 2. The highest BCUT2D eigenvalue weighted by molar-refractivity contribution is 5.92. The van der Waals surface area contributed by atoms with Gasteiger partial charge in [-0.25, -0.2) is 0 Å². The molecule has 0 spiro atoms. The summed E-state index contributed by atoms with van der Waals surface area (Å²) in [5.41, 5.74) is -0.0246. The maximum absolute atomic E-state index is 13.1. The molecule has 0 radical (unpaired) electrons. The Labute approximate surface area is 184 Å². The second-order valence-corrected chi connectivity index (χ2v) is 9.08. The summed E-state index contributed by atoms with van der Waals surface area (Å²) in [6.45, 7) is 4.38. The summed E-state index contributed by atoms with van der Waals surface area (Å²) in [5.74, 6) is 0.0778. The van der Waals surface area contributed by atoms with E-state index in [-0.39, 0.29) is 22.7 Å². The van der Waals surface area contributed by atoms with E-state index in [2.05, 4.69) is 17.6 Å². The van der Waals surface area contributed by atoms with Crippen molar-refractivity contribution < 1.29 is 14.1 Å². The molecule has 1 aromatic carbocycles. The highest BCUT2D eigenvalue weighted by Crippen LogP contribution is 2.22. The average Bonchev–Trinajstić information content (AvgIpc) is 2.71. The van der Waals surface area contributed by atoms with Crippen LogP contribution < -0.4 is 10.6 Å². The summed E-state index contributed by atoms with van der Waals surface area (Å²) in [6, 6.07) is 9.43. The zero-order valence-corrected chi connectivity index (χ0v) is 19.9. The van der Waals surface area contributed by atoms with Crippen molar-refractivity contribution in [2.75, 3.05) is 33.0 Å². The molecule has 1 atom stereocenters. The molecule has 0 saturated carbocycles. The van der Waals surface area contributed by atoms with Crippen LogP contribution in [0.3, 0.4) is 0 Å². The Hall–Kier alpha value is -1.72. The Kier molecular flexibility index (Phi) is 11.9. The number of unbranched alkanes of at least 4 members (excludes halogenated alkanes) is 8. The average molecular weight is 419 g/mol. The van der Waals surface area contributed by atoms with Gasteiger partial charge in [-0.3, -0.25) is 19.4 Å². The van der Waals surface area contributed by atoms with Crippen molar-refractivity contribution in [1.82, 2.24) is 5.32 Å². The number of quaternary nitrogens is 1. The molecule has 1 rings (SSSR count). The molecule has 1 aromatic rings. The molecule has 5 heteroatoms. The molecule has 0 aliphatic carbocycles. The second-order valence-electron chi connectivity index (χ2n) is 9.08. The Morgan fingerprint density at radius 2 is 1.43 bits per heavy atom. The van der Waals surface area contributed by atoms with Crippen LogP contribution >= 0.6 is 0 Å². The van der Waals surface area contributed by atoms with Gasteiger partial charge >= 0.3 is 0 Å². The van der Waals surface area contributed by atoms with Crippen LogP contribution in [0.5, 0.6) is 0 Å². The summed E-state index contributed by atoms with van der Waals surface area (Å²) >= 11 is 0. The molecule has 0 aliphatic rings. The van der Waals surface area contributed by atoms with E-state index in [4.69, 9.17) is 0 Å². The highest BCUT2D eigenvalue weighted by Gasteiger charge is 2.47. The third kappa shape index (κ3) is 8.57. The maximum atomic E-state index is 13.1. The number of Topliss-reactive ketones (excluding diaryl/α,β-unsaturated/α-hetero) is 1. The molecule has 0 saturated heterocycles. The normalized spacial score (nSPS) is 13.6. The van der Waals surface area contributed by atoms with Gasteiger partial charge in [0.05, 0.1) is 14.1 Å². The van der Waals surface area contributed by atoms with Crippen molar-refractivity contribution in [2.24, 2.45) is 0 Å². The number of rotatable bonds is 16. The van der Waals surface area contributed by atoms with Crippen molar-refractivity contribution in [3.8, 4) is 0 Å². The van der Waals surface area contributed by atoms with Gasteiger partial charge in [-0.1, -0.05) is 76.5 Å². The van der Waals surface area contributed by atoms with E-state index < -0.39 is 5.66 Å². The summed E-state index contributed by atoms with van der Waals surface area (Å²) in [4.78, 5) is 25.7. The van der Waals surface area contributed by atoms with Gasteiger partial charge in [-0.2, -0.15) is 0 Å². The van der Waals surface area contributed by atoms with Gasteiger partial charge in [0.1, 0.15) is 0 Å². The van der Waals surface area contributed by atoms with Gasteiger partial charge < -0.3 is 5.32 Å². The van der Waals surface area contributed by atoms with Crippen molar-refractivity contribution >= 4 is 17.4 Å². The van der Waals surface area contributed by atoms with Crippen molar-refractivity contribution in [3.63, 3.8) is 0 Å². The fourth-order valence-electron chi connectivity index (χ4n) is 3.86. The number of carbonyl (C=O) groups excluding carboxylic acids is 2. The van der Waals surface area contributed by atoms with Crippen LogP contribution in [0, 0.1) is 0 Å². The smallest absolute Gasteiger partial charge is 0.279 e. The first-order chi connectivity index (χ1) is 14.3. The van der Waals surface area contributed by atoms with Crippen LogP contribution in [-0.4, -0.2) is 49.5 Å².